The highest BCUT2D eigenvalue weighted by molar-refractivity contribution is 5.71. The smallest absolute Gasteiger partial charge is 0.0205 e. The third kappa shape index (κ3) is 3.05. The Morgan fingerprint density at radius 3 is 2.37 bits per heavy atom. The molecule has 0 atom stereocenters. The molecular formula is C18H23N. The number of rotatable bonds is 4. The van der Waals surface area contributed by atoms with E-state index in [9.17, 15) is 0 Å². The van der Waals surface area contributed by atoms with Gasteiger partial charge in [0.15, 0.2) is 0 Å². The van der Waals surface area contributed by atoms with Crippen LogP contribution in [0, 0.1) is 20.8 Å². The van der Waals surface area contributed by atoms with Crippen LogP contribution in [-0.2, 0) is 6.54 Å². The van der Waals surface area contributed by atoms with E-state index >= 15 is 0 Å². The van der Waals surface area contributed by atoms with Crippen LogP contribution in [0.4, 0.5) is 0 Å². The van der Waals surface area contributed by atoms with Crippen molar-refractivity contribution in [3.8, 4) is 11.1 Å². The molecule has 0 unspecified atom stereocenters. The van der Waals surface area contributed by atoms with E-state index in [0.29, 0.717) is 0 Å². The molecule has 19 heavy (non-hydrogen) atoms. The molecule has 0 bridgehead atoms. The summed E-state index contributed by atoms with van der Waals surface area (Å²) in [7, 11) is 0. The van der Waals surface area contributed by atoms with Crippen LogP contribution >= 0.6 is 0 Å². The van der Waals surface area contributed by atoms with Crippen LogP contribution in [0.3, 0.4) is 0 Å². The molecule has 0 aromatic heterocycles. The molecule has 0 heterocycles. The first-order valence-electron chi connectivity index (χ1n) is 7.00. The van der Waals surface area contributed by atoms with Crippen molar-refractivity contribution in [2.45, 2.75) is 34.2 Å². The predicted molar refractivity (Wildman–Crippen MR) is 83.5 cm³/mol. The van der Waals surface area contributed by atoms with E-state index < -0.39 is 0 Å². The SMILES string of the molecule is CCNCc1ccc(-c2cccc(C)c2C)c(C)c1. The van der Waals surface area contributed by atoms with Gasteiger partial charge in [-0.3, -0.25) is 0 Å². The fourth-order valence-electron chi connectivity index (χ4n) is 2.45. The van der Waals surface area contributed by atoms with Gasteiger partial charge in [0.25, 0.3) is 0 Å². The van der Waals surface area contributed by atoms with Crippen molar-refractivity contribution in [2.75, 3.05) is 6.54 Å². The highest BCUT2D eigenvalue weighted by Crippen LogP contribution is 2.28. The van der Waals surface area contributed by atoms with Gasteiger partial charge in [-0.05, 0) is 60.7 Å². The van der Waals surface area contributed by atoms with E-state index in [1.54, 1.807) is 0 Å². The number of hydrogen-bond donors (Lipinski definition) is 1. The van der Waals surface area contributed by atoms with Gasteiger partial charge in [-0.15, -0.1) is 0 Å². The van der Waals surface area contributed by atoms with Crippen LogP contribution in [0.5, 0.6) is 0 Å². The highest BCUT2D eigenvalue weighted by atomic mass is 14.8. The summed E-state index contributed by atoms with van der Waals surface area (Å²) in [5.41, 5.74) is 8.14. The van der Waals surface area contributed by atoms with Crippen LogP contribution in [0.2, 0.25) is 0 Å². The van der Waals surface area contributed by atoms with Crippen LogP contribution < -0.4 is 5.32 Å². The van der Waals surface area contributed by atoms with Gasteiger partial charge >= 0.3 is 0 Å². The number of aryl methyl sites for hydroxylation is 2. The molecule has 0 aliphatic carbocycles. The van der Waals surface area contributed by atoms with Gasteiger partial charge in [-0.25, -0.2) is 0 Å². The Bertz CT molecular complexity index is 570. The number of hydrogen-bond acceptors (Lipinski definition) is 1. The Morgan fingerprint density at radius 1 is 0.895 bits per heavy atom. The van der Waals surface area contributed by atoms with Crippen LogP contribution in [0.15, 0.2) is 36.4 Å². The van der Waals surface area contributed by atoms with Crippen LogP contribution in [-0.4, -0.2) is 6.54 Å². The molecule has 1 heteroatoms. The summed E-state index contributed by atoms with van der Waals surface area (Å²) in [5, 5.41) is 3.37. The molecule has 100 valence electrons. The summed E-state index contributed by atoms with van der Waals surface area (Å²) in [6.07, 6.45) is 0. The summed E-state index contributed by atoms with van der Waals surface area (Å²) >= 11 is 0. The summed E-state index contributed by atoms with van der Waals surface area (Å²) < 4.78 is 0. The molecule has 1 N–H and O–H groups in total. The molecule has 0 radical (unpaired) electrons. The minimum absolute atomic E-state index is 0.949. The van der Waals surface area contributed by atoms with Crippen molar-refractivity contribution < 1.29 is 0 Å². The van der Waals surface area contributed by atoms with Crippen molar-refractivity contribution in [1.29, 1.82) is 0 Å². The van der Waals surface area contributed by atoms with Crippen molar-refractivity contribution in [3.63, 3.8) is 0 Å². The van der Waals surface area contributed by atoms with E-state index in [0.717, 1.165) is 13.1 Å². The fraction of sp³-hybridized carbons (Fsp3) is 0.333. The van der Waals surface area contributed by atoms with Gasteiger partial charge in [0.1, 0.15) is 0 Å². The molecule has 0 saturated carbocycles. The second-order valence-electron chi connectivity index (χ2n) is 5.18. The van der Waals surface area contributed by atoms with Crippen LogP contribution in [0.1, 0.15) is 29.2 Å². The Balaban J connectivity index is 2.38. The Labute approximate surface area is 116 Å². The molecule has 0 fully saturated rings. The topological polar surface area (TPSA) is 12.0 Å². The quantitative estimate of drug-likeness (QED) is 0.852. The first-order valence-corrected chi connectivity index (χ1v) is 7.00. The monoisotopic (exact) mass is 253 g/mol. The molecule has 0 spiro atoms. The van der Waals surface area contributed by atoms with E-state index in [4.69, 9.17) is 0 Å². The van der Waals surface area contributed by atoms with Gasteiger partial charge in [-0.2, -0.15) is 0 Å². The van der Waals surface area contributed by atoms with Crippen LogP contribution in [0.25, 0.3) is 11.1 Å². The van der Waals surface area contributed by atoms with Gasteiger partial charge in [0.05, 0.1) is 0 Å². The van der Waals surface area contributed by atoms with E-state index in [1.807, 2.05) is 0 Å². The first-order chi connectivity index (χ1) is 9.13. The zero-order valence-electron chi connectivity index (χ0n) is 12.4. The lowest BCUT2D eigenvalue weighted by Gasteiger charge is -2.13. The summed E-state index contributed by atoms with van der Waals surface area (Å²) in [6.45, 7) is 10.7. The zero-order valence-corrected chi connectivity index (χ0v) is 12.4. The van der Waals surface area contributed by atoms with E-state index in [-0.39, 0.29) is 0 Å². The summed E-state index contributed by atoms with van der Waals surface area (Å²) in [5.74, 6) is 0. The Kier molecular flexibility index (Phi) is 4.39. The average Bonchev–Trinajstić information content (AvgIpc) is 2.40. The molecule has 0 aliphatic heterocycles. The molecule has 2 aromatic carbocycles. The minimum atomic E-state index is 0.949. The lowest BCUT2D eigenvalue weighted by Crippen LogP contribution is -2.11. The Morgan fingerprint density at radius 2 is 1.68 bits per heavy atom. The maximum atomic E-state index is 3.37. The number of benzene rings is 2. The van der Waals surface area contributed by atoms with E-state index in [1.165, 1.54) is 33.4 Å². The largest absolute Gasteiger partial charge is 0.313 e. The van der Waals surface area contributed by atoms with Crippen molar-refractivity contribution in [2.24, 2.45) is 0 Å². The van der Waals surface area contributed by atoms with E-state index in [2.05, 4.69) is 69.4 Å². The second-order valence-corrected chi connectivity index (χ2v) is 5.18. The molecule has 0 amide bonds. The van der Waals surface area contributed by atoms with Crippen molar-refractivity contribution in [1.82, 2.24) is 5.32 Å². The zero-order chi connectivity index (χ0) is 13.8. The third-order valence-corrected chi connectivity index (χ3v) is 3.76. The lowest BCUT2D eigenvalue weighted by molar-refractivity contribution is 0.726. The van der Waals surface area contributed by atoms with Crippen molar-refractivity contribution >= 4 is 0 Å². The fourth-order valence-corrected chi connectivity index (χ4v) is 2.45. The normalized spacial score (nSPS) is 10.7. The maximum Gasteiger partial charge on any atom is 0.0205 e. The lowest BCUT2D eigenvalue weighted by atomic mass is 9.93. The molecule has 2 rings (SSSR count). The Hall–Kier alpha value is -1.60. The summed E-state index contributed by atoms with van der Waals surface area (Å²) in [6, 6.07) is 13.3. The molecule has 1 nitrogen and oxygen atoms in total. The summed E-state index contributed by atoms with van der Waals surface area (Å²) in [4.78, 5) is 0. The molecular weight excluding hydrogens is 230 g/mol. The third-order valence-electron chi connectivity index (χ3n) is 3.76. The second kappa shape index (κ2) is 6.03. The van der Waals surface area contributed by atoms with Crippen molar-refractivity contribution in [3.05, 3.63) is 58.7 Å². The maximum absolute atomic E-state index is 3.37. The average molecular weight is 253 g/mol. The standard InChI is InChI=1S/C18H23N/c1-5-19-12-16-9-10-17(14(3)11-16)18-8-6-7-13(2)15(18)4/h6-11,19H,5,12H2,1-4H3. The predicted octanol–water partition coefficient (Wildman–Crippen LogP) is 4.39. The van der Waals surface area contributed by atoms with Gasteiger partial charge in [0, 0.05) is 6.54 Å². The highest BCUT2D eigenvalue weighted by Gasteiger charge is 2.07. The molecule has 2 aromatic rings. The van der Waals surface area contributed by atoms with Gasteiger partial charge < -0.3 is 5.32 Å². The van der Waals surface area contributed by atoms with Gasteiger partial charge in [0.2, 0.25) is 0 Å². The van der Waals surface area contributed by atoms with Gasteiger partial charge in [-0.1, -0.05) is 43.3 Å². The first kappa shape index (κ1) is 13.8. The molecule has 0 aliphatic rings. The number of nitrogens with one attached hydrogen (secondary N) is 1. The minimum Gasteiger partial charge on any atom is -0.313 e. The molecule has 0 saturated heterocycles.